The number of anilines is 3. The fourth-order valence-corrected chi connectivity index (χ4v) is 5.39. The molecule has 2 saturated heterocycles. The maximum atomic E-state index is 14.1. The Kier molecular flexibility index (Phi) is 9.08. The van der Waals surface area contributed by atoms with Crippen molar-refractivity contribution in [1.29, 1.82) is 5.41 Å². The molecule has 220 valence electrons. The lowest BCUT2D eigenvalue weighted by atomic mass is 9.92. The van der Waals surface area contributed by atoms with E-state index in [4.69, 9.17) is 15.9 Å². The molecule has 2 fully saturated rings. The van der Waals surface area contributed by atoms with Crippen LogP contribution in [-0.4, -0.2) is 77.0 Å². The fraction of sp³-hybridized carbons (Fsp3) is 0.355. The van der Waals surface area contributed by atoms with Crippen LogP contribution in [0.4, 0.5) is 25.8 Å². The minimum absolute atomic E-state index is 0.0246. The monoisotopic (exact) mass is 574 g/mol. The summed E-state index contributed by atoms with van der Waals surface area (Å²) in [5, 5.41) is 15.0. The van der Waals surface area contributed by atoms with E-state index in [9.17, 15) is 13.6 Å². The van der Waals surface area contributed by atoms with Crippen molar-refractivity contribution in [3.05, 3.63) is 82.4 Å². The lowest BCUT2D eigenvalue weighted by Crippen LogP contribution is -2.44. The Hall–Kier alpha value is -3.96. The molecule has 5 rings (SSSR count). The van der Waals surface area contributed by atoms with Crippen LogP contribution in [0.3, 0.4) is 0 Å². The van der Waals surface area contributed by atoms with Crippen LogP contribution in [-0.2, 0) is 11.2 Å². The first-order chi connectivity index (χ1) is 20.2. The van der Waals surface area contributed by atoms with Crippen LogP contribution < -0.4 is 26.7 Å². The van der Waals surface area contributed by atoms with E-state index in [-0.39, 0.29) is 23.8 Å². The number of nitrogens with two attached hydrogens (primary N) is 1. The summed E-state index contributed by atoms with van der Waals surface area (Å²) in [5.41, 5.74) is 10.2. The Labute approximate surface area is 246 Å². The molecule has 11 heteroatoms. The van der Waals surface area contributed by atoms with Crippen molar-refractivity contribution in [3.8, 4) is 0 Å². The molecular weight excluding hydrogens is 537 g/mol. The second-order valence-electron chi connectivity index (χ2n) is 11.2. The van der Waals surface area contributed by atoms with Gasteiger partial charge in [-0.2, -0.15) is 0 Å². The van der Waals surface area contributed by atoms with Gasteiger partial charge < -0.3 is 30.9 Å². The topological polar surface area (TPSA) is 107 Å². The Balaban J connectivity index is 1.35. The van der Waals surface area contributed by atoms with Crippen molar-refractivity contribution in [2.75, 3.05) is 62.4 Å². The average Bonchev–Trinajstić information content (AvgIpc) is 2.97. The molecule has 0 aliphatic carbocycles. The summed E-state index contributed by atoms with van der Waals surface area (Å²) in [5.74, 6) is -1.79. The quantitative estimate of drug-likeness (QED) is 0.150. The highest BCUT2D eigenvalue weighted by Gasteiger charge is 2.22. The number of rotatable bonds is 7. The van der Waals surface area contributed by atoms with Gasteiger partial charge in [0.1, 0.15) is 25.3 Å². The molecule has 3 aromatic rings. The molecule has 0 atom stereocenters. The summed E-state index contributed by atoms with van der Waals surface area (Å²) < 4.78 is 33.7. The number of hydrogen-bond acceptors (Lipinski definition) is 7. The molecule has 5 N–H and O–H groups in total. The third-order valence-corrected chi connectivity index (χ3v) is 8.07. The first-order valence-corrected chi connectivity index (χ1v) is 14.3. The molecule has 2 aliphatic rings. The number of amidine groups is 1. The van der Waals surface area contributed by atoms with Gasteiger partial charge in [0.2, 0.25) is 0 Å². The van der Waals surface area contributed by atoms with Crippen molar-refractivity contribution < 1.29 is 18.3 Å². The lowest BCUT2D eigenvalue weighted by Gasteiger charge is -2.34. The predicted octanol–water partition coefficient (Wildman–Crippen LogP) is 2.49. The van der Waals surface area contributed by atoms with E-state index >= 15 is 0 Å². The van der Waals surface area contributed by atoms with Gasteiger partial charge in [-0.15, -0.1) is 0 Å². The third kappa shape index (κ3) is 6.91. The third-order valence-electron chi connectivity index (χ3n) is 8.07. The van der Waals surface area contributed by atoms with Gasteiger partial charge in [0.25, 0.3) is 5.91 Å². The fourth-order valence-electron chi connectivity index (χ4n) is 5.39. The molecule has 8 nitrogen and oxygen atoms in total. The molecule has 2 heterocycles. The number of nitrogens with zero attached hydrogens (tertiary/aromatic N) is 2. The van der Waals surface area contributed by atoms with E-state index < -0.39 is 17.5 Å². The van der Waals surface area contributed by atoms with Gasteiger partial charge in [-0.25, -0.2) is 8.78 Å². The number of likely N-dealkylation sites (N-methyl/N-ethyl adjacent to an activating group) is 1. The maximum absolute atomic E-state index is 14.1. The standard InChI is InChI=1S/C31H37BF2N6O2/c1-39-8-10-40(11-9-39)22-3-4-23(28(18-22)37-21-6-12-42-13-7-21)31(41)38-30(36)24-15-19(2-5-27(24)35)14-20-16-25(33)29(32)26(34)17-20/h2-5,15-18,21,37H,6-14,32,35H2,1H3,(H2,36,38,41). The summed E-state index contributed by atoms with van der Waals surface area (Å²) in [4.78, 5) is 18.2. The number of carbonyl (C=O) groups is 1. The van der Waals surface area contributed by atoms with E-state index in [1.807, 2.05) is 12.1 Å². The highest BCUT2D eigenvalue weighted by atomic mass is 19.1. The van der Waals surface area contributed by atoms with Gasteiger partial charge in [-0.1, -0.05) is 6.07 Å². The van der Waals surface area contributed by atoms with Crippen LogP contribution >= 0.6 is 0 Å². The summed E-state index contributed by atoms with van der Waals surface area (Å²) in [7, 11) is 3.51. The van der Waals surface area contributed by atoms with Gasteiger partial charge in [-0.3, -0.25) is 10.2 Å². The molecular formula is C31H37BF2N6O2. The lowest BCUT2D eigenvalue weighted by molar-refractivity contribution is 0.0904. The molecule has 0 aromatic heterocycles. The van der Waals surface area contributed by atoms with Crippen LogP contribution in [0.2, 0.25) is 0 Å². The van der Waals surface area contributed by atoms with Gasteiger partial charge >= 0.3 is 0 Å². The van der Waals surface area contributed by atoms with Crippen LogP contribution in [0.25, 0.3) is 0 Å². The zero-order valence-electron chi connectivity index (χ0n) is 24.1. The first kappa shape index (κ1) is 29.5. The Bertz CT molecular complexity index is 1450. The van der Waals surface area contributed by atoms with Gasteiger partial charge in [0.05, 0.1) is 5.56 Å². The molecule has 0 bridgehead atoms. The SMILES string of the molecule is Bc1c(F)cc(Cc2ccc(N)c(C(=N)NC(=O)c3ccc(N4CCN(C)CC4)cc3NC3CCOCC3)c2)cc1F. The van der Waals surface area contributed by atoms with Gasteiger partial charge in [0.15, 0.2) is 0 Å². The predicted molar refractivity (Wildman–Crippen MR) is 166 cm³/mol. The number of benzene rings is 3. The average molecular weight is 574 g/mol. The summed E-state index contributed by atoms with van der Waals surface area (Å²) in [6, 6.07) is 13.6. The Morgan fingerprint density at radius 3 is 2.38 bits per heavy atom. The van der Waals surface area contributed by atoms with Crippen LogP contribution in [0.15, 0.2) is 48.5 Å². The minimum Gasteiger partial charge on any atom is -0.398 e. The van der Waals surface area contributed by atoms with E-state index in [1.165, 1.54) is 20.0 Å². The molecule has 0 spiro atoms. The van der Waals surface area contributed by atoms with Gasteiger partial charge in [-0.05, 0) is 85.4 Å². The number of amides is 1. The van der Waals surface area contributed by atoms with Crippen molar-refractivity contribution in [3.63, 3.8) is 0 Å². The van der Waals surface area contributed by atoms with Crippen molar-refractivity contribution in [2.45, 2.75) is 25.3 Å². The first-order valence-electron chi connectivity index (χ1n) is 14.3. The largest absolute Gasteiger partial charge is 0.398 e. The zero-order chi connectivity index (χ0) is 29.8. The normalized spacial score (nSPS) is 16.3. The van der Waals surface area contributed by atoms with Crippen LogP contribution in [0.5, 0.6) is 0 Å². The number of nitrogens with one attached hydrogen (secondary N) is 3. The van der Waals surface area contributed by atoms with Crippen molar-refractivity contribution in [1.82, 2.24) is 10.2 Å². The summed E-state index contributed by atoms with van der Waals surface area (Å²) >= 11 is 0. The van der Waals surface area contributed by atoms with Crippen molar-refractivity contribution in [2.24, 2.45) is 0 Å². The number of piperazine rings is 1. The maximum Gasteiger partial charge on any atom is 0.258 e. The number of ether oxygens (including phenoxy) is 1. The highest BCUT2D eigenvalue weighted by molar-refractivity contribution is 6.32. The van der Waals surface area contributed by atoms with Crippen LogP contribution in [0.1, 0.15) is 39.9 Å². The summed E-state index contributed by atoms with van der Waals surface area (Å²) in [6.45, 7) is 5.08. The summed E-state index contributed by atoms with van der Waals surface area (Å²) in [6.07, 6.45) is 1.93. The Morgan fingerprint density at radius 2 is 1.69 bits per heavy atom. The number of nitrogen functional groups attached to an aromatic ring is 1. The van der Waals surface area contributed by atoms with E-state index in [0.29, 0.717) is 46.8 Å². The van der Waals surface area contributed by atoms with E-state index in [2.05, 4.69) is 27.5 Å². The second-order valence-corrected chi connectivity index (χ2v) is 11.2. The smallest absolute Gasteiger partial charge is 0.258 e. The molecule has 1 amide bonds. The zero-order valence-corrected chi connectivity index (χ0v) is 24.1. The van der Waals surface area contributed by atoms with Crippen molar-refractivity contribution >= 4 is 42.1 Å². The van der Waals surface area contributed by atoms with E-state index in [1.54, 1.807) is 24.3 Å². The molecule has 0 unspecified atom stereocenters. The molecule has 0 radical (unpaired) electrons. The molecule has 0 saturated carbocycles. The second kappa shape index (κ2) is 12.9. The van der Waals surface area contributed by atoms with Crippen LogP contribution in [0, 0.1) is 17.0 Å². The number of hydrogen-bond donors (Lipinski definition) is 4. The Morgan fingerprint density at radius 1 is 1.00 bits per heavy atom. The highest BCUT2D eigenvalue weighted by Crippen LogP contribution is 2.27. The molecule has 42 heavy (non-hydrogen) atoms. The van der Waals surface area contributed by atoms with E-state index in [0.717, 1.165) is 44.7 Å². The number of halogens is 2. The molecule has 2 aliphatic heterocycles. The van der Waals surface area contributed by atoms with Gasteiger partial charge in [0, 0.05) is 68.1 Å². The minimum atomic E-state index is -0.607. The number of carbonyl (C=O) groups excluding carboxylic acids is 1. The molecule has 3 aromatic carbocycles.